The van der Waals surface area contributed by atoms with E-state index in [1.807, 2.05) is 36.4 Å². The quantitative estimate of drug-likeness (QED) is 0.561. The van der Waals surface area contributed by atoms with Crippen LogP contribution < -0.4 is 11.3 Å². The number of hydrogen-bond donors (Lipinski definition) is 2. The Morgan fingerprint density at radius 2 is 1.65 bits per heavy atom. The fourth-order valence-corrected chi connectivity index (χ4v) is 1.99. The maximum atomic E-state index is 5.44. The second-order valence-corrected chi connectivity index (χ2v) is 4.19. The minimum absolute atomic E-state index is 0.752. The summed E-state index contributed by atoms with van der Waals surface area (Å²) in [7, 11) is 0. The minimum Gasteiger partial charge on any atom is -0.324 e. The molecule has 3 aromatic heterocycles. The van der Waals surface area contributed by atoms with Gasteiger partial charge in [-0.15, -0.1) is 0 Å². The molecule has 3 rings (SSSR count). The average molecular weight is 263 g/mol. The molecule has 3 N–H and O–H groups in total. The molecule has 0 saturated carbocycles. The Morgan fingerprint density at radius 1 is 0.800 bits per heavy atom. The summed E-state index contributed by atoms with van der Waals surface area (Å²) in [6.45, 7) is 0. The Labute approximate surface area is 116 Å². The van der Waals surface area contributed by atoms with Crippen LogP contribution in [0.5, 0.6) is 0 Å². The lowest BCUT2D eigenvalue weighted by Gasteiger charge is -2.08. The standard InChI is InChI=1S/C15H13N5/c16-20-11-6-9-18-14(10-11)15-12(4-3-8-19-15)13-5-1-2-7-17-13/h1-10H,16H2,(H,18,20). The molecular formula is C15H13N5. The third-order valence-corrected chi connectivity index (χ3v) is 2.92. The van der Waals surface area contributed by atoms with Crippen LogP contribution in [0.4, 0.5) is 5.69 Å². The van der Waals surface area contributed by atoms with Gasteiger partial charge in [-0.1, -0.05) is 6.07 Å². The first-order valence-electron chi connectivity index (χ1n) is 6.18. The Kier molecular flexibility index (Phi) is 3.34. The van der Waals surface area contributed by atoms with E-state index in [9.17, 15) is 0 Å². The summed E-state index contributed by atoms with van der Waals surface area (Å²) in [5.74, 6) is 5.44. The van der Waals surface area contributed by atoms with Crippen LogP contribution in [0.2, 0.25) is 0 Å². The lowest BCUT2D eigenvalue weighted by molar-refractivity contribution is 1.22. The first-order chi connectivity index (χ1) is 9.88. The van der Waals surface area contributed by atoms with E-state index in [2.05, 4.69) is 20.4 Å². The largest absolute Gasteiger partial charge is 0.324 e. The molecule has 0 aliphatic carbocycles. The van der Waals surface area contributed by atoms with Gasteiger partial charge in [-0.3, -0.25) is 20.8 Å². The third-order valence-electron chi connectivity index (χ3n) is 2.92. The maximum Gasteiger partial charge on any atom is 0.0980 e. The molecule has 5 heteroatoms. The van der Waals surface area contributed by atoms with Gasteiger partial charge in [0.25, 0.3) is 0 Å². The van der Waals surface area contributed by atoms with Gasteiger partial charge in [0.05, 0.1) is 22.8 Å². The summed E-state index contributed by atoms with van der Waals surface area (Å²) < 4.78 is 0. The molecule has 0 aliphatic heterocycles. The molecular weight excluding hydrogens is 250 g/mol. The molecule has 5 nitrogen and oxygen atoms in total. The lowest BCUT2D eigenvalue weighted by atomic mass is 10.1. The van der Waals surface area contributed by atoms with Gasteiger partial charge in [0.2, 0.25) is 0 Å². The number of nitrogens with two attached hydrogens (primary N) is 1. The predicted octanol–water partition coefficient (Wildman–Crippen LogP) is 2.49. The fraction of sp³-hybridized carbons (Fsp3) is 0. The maximum absolute atomic E-state index is 5.44. The summed E-state index contributed by atoms with van der Waals surface area (Å²) in [6, 6.07) is 13.3. The third kappa shape index (κ3) is 2.34. The van der Waals surface area contributed by atoms with E-state index in [1.54, 1.807) is 24.7 Å². The molecule has 0 aliphatic rings. The molecule has 0 saturated heterocycles. The number of pyridine rings is 3. The zero-order valence-corrected chi connectivity index (χ0v) is 10.7. The van der Waals surface area contributed by atoms with Crippen LogP contribution in [0.25, 0.3) is 22.6 Å². The van der Waals surface area contributed by atoms with Crippen molar-refractivity contribution < 1.29 is 0 Å². The molecule has 3 heterocycles. The SMILES string of the molecule is NNc1ccnc(-c2ncccc2-c2ccccn2)c1. The highest BCUT2D eigenvalue weighted by atomic mass is 15.2. The molecule has 0 bridgehead atoms. The van der Waals surface area contributed by atoms with Crippen LogP contribution in [0.1, 0.15) is 0 Å². The summed E-state index contributed by atoms with van der Waals surface area (Å²) in [5.41, 5.74) is 6.73. The first kappa shape index (κ1) is 12.3. The Bertz CT molecular complexity index is 712. The average Bonchev–Trinajstić information content (AvgIpc) is 2.56. The second kappa shape index (κ2) is 5.46. The monoisotopic (exact) mass is 263 g/mol. The molecule has 0 fully saturated rings. The van der Waals surface area contributed by atoms with Gasteiger partial charge in [0, 0.05) is 24.2 Å². The number of nitrogen functional groups attached to an aromatic ring is 1. The number of anilines is 1. The zero-order valence-electron chi connectivity index (χ0n) is 10.7. The van der Waals surface area contributed by atoms with E-state index in [1.165, 1.54) is 0 Å². The summed E-state index contributed by atoms with van der Waals surface area (Å²) >= 11 is 0. The molecule has 3 aromatic rings. The van der Waals surface area contributed by atoms with E-state index < -0.39 is 0 Å². The van der Waals surface area contributed by atoms with Crippen LogP contribution in [0, 0.1) is 0 Å². The van der Waals surface area contributed by atoms with E-state index in [0.29, 0.717) is 0 Å². The second-order valence-electron chi connectivity index (χ2n) is 4.19. The number of hydrazine groups is 1. The van der Waals surface area contributed by atoms with Gasteiger partial charge in [0.1, 0.15) is 0 Å². The van der Waals surface area contributed by atoms with Crippen LogP contribution in [0.15, 0.2) is 61.1 Å². The summed E-state index contributed by atoms with van der Waals surface area (Å²) in [6.07, 6.45) is 5.20. The van der Waals surface area contributed by atoms with E-state index in [0.717, 1.165) is 28.3 Å². The molecule has 0 atom stereocenters. The minimum atomic E-state index is 0.752. The van der Waals surface area contributed by atoms with Crippen LogP contribution in [0.3, 0.4) is 0 Å². The van der Waals surface area contributed by atoms with Crippen LogP contribution >= 0.6 is 0 Å². The van der Waals surface area contributed by atoms with Gasteiger partial charge in [-0.05, 0) is 36.4 Å². The molecule has 0 unspecified atom stereocenters. The van der Waals surface area contributed by atoms with Crippen molar-refractivity contribution in [3.05, 3.63) is 61.1 Å². The van der Waals surface area contributed by atoms with Crippen molar-refractivity contribution >= 4 is 5.69 Å². The van der Waals surface area contributed by atoms with Gasteiger partial charge in [-0.2, -0.15) is 0 Å². The number of hydrogen-bond acceptors (Lipinski definition) is 5. The van der Waals surface area contributed by atoms with Gasteiger partial charge >= 0.3 is 0 Å². The van der Waals surface area contributed by atoms with Crippen molar-refractivity contribution in [1.82, 2.24) is 15.0 Å². The molecule has 98 valence electrons. The zero-order chi connectivity index (χ0) is 13.8. The van der Waals surface area contributed by atoms with Gasteiger partial charge < -0.3 is 5.43 Å². The number of aromatic nitrogens is 3. The van der Waals surface area contributed by atoms with E-state index in [4.69, 9.17) is 5.84 Å². The molecule has 0 aromatic carbocycles. The highest BCUT2D eigenvalue weighted by Crippen LogP contribution is 2.28. The normalized spacial score (nSPS) is 10.2. The van der Waals surface area contributed by atoms with Crippen molar-refractivity contribution in [2.24, 2.45) is 5.84 Å². The van der Waals surface area contributed by atoms with Crippen LogP contribution in [-0.2, 0) is 0 Å². The first-order valence-corrected chi connectivity index (χ1v) is 6.18. The number of rotatable bonds is 3. The van der Waals surface area contributed by atoms with Crippen LogP contribution in [-0.4, -0.2) is 15.0 Å². The van der Waals surface area contributed by atoms with Gasteiger partial charge in [0.15, 0.2) is 0 Å². The smallest absolute Gasteiger partial charge is 0.0980 e. The molecule has 0 amide bonds. The number of nitrogens with zero attached hydrogens (tertiary/aromatic N) is 3. The highest BCUT2D eigenvalue weighted by Gasteiger charge is 2.10. The van der Waals surface area contributed by atoms with Crippen molar-refractivity contribution in [2.45, 2.75) is 0 Å². The van der Waals surface area contributed by atoms with E-state index >= 15 is 0 Å². The fourth-order valence-electron chi connectivity index (χ4n) is 1.99. The van der Waals surface area contributed by atoms with Crippen molar-refractivity contribution in [3.63, 3.8) is 0 Å². The topological polar surface area (TPSA) is 76.7 Å². The molecule has 0 radical (unpaired) electrons. The van der Waals surface area contributed by atoms with Crippen molar-refractivity contribution in [2.75, 3.05) is 5.43 Å². The van der Waals surface area contributed by atoms with Gasteiger partial charge in [-0.25, -0.2) is 0 Å². The predicted molar refractivity (Wildman–Crippen MR) is 78.5 cm³/mol. The van der Waals surface area contributed by atoms with E-state index in [-0.39, 0.29) is 0 Å². The van der Waals surface area contributed by atoms with Crippen molar-refractivity contribution in [1.29, 1.82) is 0 Å². The Balaban J connectivity index is 2.15. The Hall–Kier alpha value is -2.79. The number of nitrogens with one attached hydrogen (secondary N) is 1. The van der Waals surface area contributed by atoms with Crippen molar-refractivity contribution in [3.8, 4) is 22.6 Å². The highest BCUT2D eigenvalue weighted by molar-refractivity contribution is 5.78. The molecule has 0 spiro atoms. The Morgan fingerprint density at radius 3 is 2.45 bits per heavy atom. The summed E-state index contributed by atoms with van der Waals surface area (Å²) in [5, 5.41) is 0. The summed E-state index contributed by atoms with van der Waals surface area (Å²) in [4.78, 5) is 13.2. The lowest BCUT2D eigenvalue weighted by Crippen LogP contribution is -2.06. The molecule has 20 heavy (non-hydrogen) atoms.